The minimum atomic E-state index is 0.0415. The second-order valence-corrected chi connectivity index (χ2v) is 3.54. The number of carbonyl (C=O) groups is 1. The first-order valence-corrected chi connectivity index (χ1v) is 5.29. The molecule has 15 heavy (non-hydrogen) atoms. The number of nitrogens with one attached hydrogen (secondary N) is 1. The lowest BCUT2D eigenvalue weighted by Crippen LogP contribution is -2.41. The number of rotatable bonds is 5. The number of hydrogen-bond donors (Lipinski definition) is 2. The van der Waals surface area contributed by atoms with E-state index in [2.05, 4.69) is 5.32 Å². The first kappa shape index (κ1) is 11.7. The van der Waals surface area contributed by atoms with Gasteiger partial charge in [-0.1, -0.05) is 37.3 Å². The second-order valence-electron chi connectivity index (χ2n) is 3.54. The molecule has 82 valence electrons. The Balaban J connectivity index is 2.50. The van der Waals surface area contributed by atoms with Gasteiger partial charge < -0.3 is 11.1 Å². The Morgan fingerprint density at radius 2 is 2.07 bits per heavy atom. The summed E-state index contributed by atoms with van der Waals surface area (Å²) in [5.41, 5.74) is 6.81. The van der Waals surface area contributed by atoms with Gasteiger partial charge in [0.1, 0.15) is 0 Å². The smallest absolute Gasteiger partial charge is 0.219 e. The maximum atomic E-state index is 11.2. The third-order valence-electron chi connectivity index (χ3n) is 2.30. The van der Waals surface area contributed by atoms with Crippen molar-refractivity contribution in [3.63, 3.8) is 0 Å². The predicted octanol–water partition coefficient (Wildman–Crippen LogP) is 1.08. The monoisotopic (exact) mass is 206 g/mol. The van der Waals surface area contributed by atoms with Crippen molar-refractivity contribution in [3.8, 4) is 0 Å². The molecule has 1 amide bonds. The van der Waals surface area contributed by atoms with Gasteiger partial charge in [0.05, 0.1) is 0 Å². The van der Waals surface area contributed by atoms with E-state index in [9.17, 15) is 4.79 Å². The molecule has 3 heteroatoms. The lowest BCUT2D eigenvalue weighted by molar-refractivity contribution is -0.121. The van der Waals surface area contributed by atoms with E-state index in [1.807, 2.05) is 37.3 Å². The lowest BCUT2D eigenvalue weighted by atomic mass is 10.1. The van der Waals surface area contributed by atoms with Crippen LogP contribution in [0.4, 0.5) is 0 Å². The van der Waals surface area contributed by atoms with Crippen molar-refractivity contribution in [1.82, 2.24) is 5.32 Å². The predicted molar refractivity (Wildman–Crippen MR) is 61.4 cm³/mol. The molecule has 3 nitrogen and oxygen atoms in total. The summed E-state index contributed by atoms with van der Waals surface area (Å²) >= 11 is 0. The first-order chi connectivity index (χ1) is 7.26. The van der Waals surface area contributed by atoms with Gasteiger partial charge in [0.15, 0.2) is 0 Å². The summed E-state index contributed by atoms with van der Waals surface area (Å²) in [6, 6.07) is 10.1. The van der Waals surface area contributed by atoms with Crippen LogP contribution in [0.25, 0.3) is 0 Å². The minimum Gasteiger partial charge on any atom is -0.352 e. The van der Waals surface area contributed by atoms with Crippen molar-refractivity contribution in [2.75, 3.05) is 6.54 Å². The maximum Gasteiger partial charge on any atom is 0.219 e. The van der Waals surface area contributed by atoms with Gasteiger partial charge in [-0.3, -0.25) is 4.79 Å². The molecular weight excluding hydrogens is 188 g/mol. The summed E-state index contributed by atoms with van der Waals surface area (Å²) in [6.07, 6.45) is 1.30. The summed E-state index contributed by atoms with van der Waals surface area (Å²) < 4.78 is 0. The SMILES string of the molecule is CCC(=O)N[C@H](CN)Cc1ccccc1. The van der Waals surface area contributed by atoms with Gasteiger partial charge in [0, 0.05) is 19.0 Å². The maximum absolute atomic E-state index is 11.2. The summed E-state index contributed by atoms with van der Waals surface area (Å²) in [5.74, 6) is 0.0568. The molecule has 0 spiro atoms. The average molecular weight is 206 g/mol. The van der Waals surface area contributed by atoms with Gasteiger partial charge in [0.2, 0.25) is 5.91 Å². The molecule has 0 aromatic heterocycles. The molecule has 1 aromatic rings. The topological polar surface area (TPSA) is 55.1 Å². The van der Waals surface area contributed by atoms with Crippen LogP contribution >= 0.6 is 0 Å². The molecule has 0 aliphatic heterocycles. The van der Waals surface area contributed by atoms with Crippen LogP contribution in [0.5, 0.6) is 0 Å². The Bertz CT molecular complexity index is 298. The fourth-order valence-corrected chi connectivity index (χ4v) is 1.42. The Kier molecular flexibility index (Phi) is 4.84. The molecule has 0 aliphatic rings. The van der Waals surface area contributed by atoms with E-state index >= 15 is 0 Å². The highest BCUT2D eigenvalue weighted by molar-refractivity contribution is 5.75. The van der Waals surface area contributed by atoms with E-state index < -0.39 is 0 Å². The summed E-state index contributed by atoms with van der Waals surface area (Å²) in [7, 11) is 0. The zero-order chi connectivity index (χ0) is 11.1. The van der Waals surface area contributed by atoms with E-state index in [1.54, 1.807) is 0 Å². The van der Waals surface area contributed by atoms with Crippen LogP contribution in [0.2, 0.25) is 0 Å². The van der Waals surface area contributed by atoms with Crippen molar-refractivity contribution in [2.24, 2.45) is 5.73 Å². The molecule has 3 N–H and O–H groups in total. The van der Waals surface area contributed by atoms with Gasteiger partial charge in [-0.25, -0.2) is 0 Å². The molecule has 0 heterocycles. The van der Waals surface area contributed by atoms with Crippen molar-refractivity contribution in [1.29, 1.82) is 0 Å². The van der Waals surface area contributed by atoms with Crippen molar-refractivity contribution < 1.29 is 4.79 Å². The summed E-state index contributed by atoms with van der Waals surface area (Å²) in [4.78, 5) is 11.2. The molecule has 0 aliphatic carbocycles. The van der Waals surface area contributed by atoms with E-state index in [0.717, 1.165) is 6.42 Å². The van der Waals surface area contributed by atoms with Gasteiger partial charge in [-0.15, -0.1) is 0 Å². The van der Waals surface area contributed by atoms with Gasteiger partial charge in [-0.2, -0.15) is 0 Å². The van der Waals surface area contributed by atoms with Gasteiger partial charge >= 0.3 is 0 Å². The molecule has 1 rings (SSSR count). The molecule has 0 saturated carbocycles. The molecule has 1 aromatic carbocycles. The Labute approximate surface area is 90.7 Å². The fourth-order valence-electron chi connectivity index (χ4n) is 1.42. The minimum absolute atomic E-state index is 0.0415. The van der Waals surface area contributed by atoms with Crippen molar-refractivity contribution in [3.05, 3.63) is 35.9 Å². The lowest BCUT2D eigenvalue weighted by Gasteiger charge is -2.16. The quantitative estimate of drug-likeness (QED) is 0.757. The molecule has 0 unspecified atom stereocenters. The van der Waals surface area contributed by atoms with E-state index in [4.69, 9.17) is 5.73 Å². The van der Waals surface area contributed by atoms with Crippen LogP contribution in [0, 0.1) is 0 Å². The Morgan fingerprint density at radius 3 is 2.60 bits per heavy atom. The number of benzene rings is 1. The fraction of sp³-hybridized carbons (Fsp3) is 0.417. The van der Waals surface area contributed by atoms with Crippen LogP contribution in [0.15, 0.2) is 30.3 Å². The van der Waals surface area contributed by atoms with Gasteiger partial charge in [0.25, 0.3) is 0 Å². The van der Waals surface area contributed by atoms with Crippen LogP contribution < -0.4 is 11.1 Å². The highest BCUT2D eigenvalue weighted by Gasteiger charge is 2.09. The van der Waals surface area contributed by atoms with Crippen LogP contribution in [-0.2, 0) is 11.2 Å². The Morgan fingerprint density at radius 1 is 1.40 bits per heavy atom. The van der Waals surface area contributed by atoms with Gasteiger partial charge in [-0.05, 0) is 12.0 Å². The van der Waals surface area contributed by atoms with Crippen LogP contribution in [-0.4, -0.2) is 18.5 Å². The summed E-state index contributed by atoms with van der Waals surface area (Å²) in [5, 5.41) is 2.90. The standard InChI is InChI=1S/C12H18N2O/c1-2-12(15)14-11(9-13)8-10-6-4-3-5-7-10/h3-7,11H,2,8-9,13H2,1H3,(H,14,15)/t11-/m0/s1. The average Bonchev–Trinajstić information content (AvgIpc) is 2.29. The second kappa shape index (κ2) is 6.19. The van der Waals surface area contributed by atoms with Crippen LogP contribution in [0.3, 0.4) is 0 Å². The van der Waals surface area contributed by atoms with Crippen molar-refractivity contribution >= 4 is 5.91 Å². The molecule has 0 saturated heterocycles. The molecular formula is C12H18N2O. The first-order valence-electron chi connectivity index (χ1n) is 5.29. The molecule has 0 radical (unpaired) electrons. The number of carbonyl (C=O) groups excluding carboxylic acids is 1. The molecule has 0 bridgehead atoms. The summed E-state index contributed by atoms with van der Waals surface area (Å²) in [6.45, 7) is 2.31. The zero-order valence-corrected chi connectivity index (χ0v) is 9.07. The number of nitrogens with two attached hydrogens (primary N) is 1. The highest BCUT2D eigenvalue weighted by Crippen LogP contribution is 2.02. The van der Waals surface area contributed by atoms with E-state index in [-0.39, 0.29) is 11.9 Å². The van der Waals surface area contributed by atoms with E-state index in [0.29, 0.717) is 13.0 Å². The van der Waals surface area contributed by atoms with E-state index in [1.165, 1.54) is 5.56 Å². The highest BCUT2D eigenvalue weighted by atomic mass is 16.1. The molecule has 0 fully saturated rings. The number of amides is 1. The van der Waals surface area contributed by atoms with Crippen LogP contribution in [0.1, 0.15) is 18.9 Å². The third-order valence-corrected chi connectivity index (χ3v) is 2.30. The van der Waals surface area contributed by atoms with Crippen molar-refractivity contribution in [2.45, 2.75) is 25.8 Å². The zero-order valence-electron chi connectivity index (χ0n) is 9.07. The number of hydrogen-bond acceptors (Lipinski definition) is 2. The normalized spacial score (nSPS) is 12.1. The third kappa shape index (κ3) is 4.13. The Hall–Kier alpha value is -1.35. The largest absolute Gasteiger partial charge is 0.352 e. The molecule has 1 atom stereocenters.